The van der Waals surface area contributed by atoms with Gasteiger partial charge in [-0.15, -0.1) is 11.8 Å². The van der Waals surface area contributed by atoms with Crippen molar-refractivity contribution in [3.8, 4) is 0 Å². The van der Waals surface area contributed by atoms with E-state index in [0.717, 1.165) is 10.6 Å². The summed E-state index contributed by atoms with van der Waals surface area (Å²) in [5, 5.41) is 2.74. The molecule has 1 amide bonds. The summed E-state index contributed by atoms with van der Waals surface area (Å²) in [6, 6.07) is 19.4. The predicted molar refractivity (Wildman–Crippen MR) is 97.9 cm³/mol. The molecule has 0 saturated carbocycles. The zero-order valence-electron chi connectivity index (χ0n) is 13.1. The second-order valence-electron chi connectivity index (χ2n) is 5.09. The van der Waals surface area contributed by atoms with E-state index < -0.39 is 10.8 Å². The molecule has 2 atom stereocenters. The zero-order chi connectivity index (χ0) is 16.5. The summed E-state index contributed by atoms with van der Waals surface area (Å²) < 4.78 is 12.1. The molecule has 2 aromatic carbocycles. The summed E-state index contributed by atoms with van der Waals surface area (Å²) in [7, 11) is -1.07. The highest BCUT2D eigenvalue weighted by Gasteiger charge is 2.13. The maximum atomic E-state index is 12.1. The minimum Gasteiger partial charge on any atom is -0.354 e. The summed E-state index contributed by atoms with van der Waals surface area (Å²) in [5.41, 5.74) is 1.21. The van der Waals surface area contributed by atoms with Gasteiger partial charge < -0.3 is 5.32 Å². The van der Waals surface area contributed by atoms with Gasteiger partial charge in [-0.05, 0) is 24.6 Å². The van der Waals surface area contributed by atoms with Gasteiger partial charge in [0.25, 0.3) is 0 Å². The number of thioether (sulfide) groups is 1. The van der Waals surface area contributed by atoms with E-state index in [9.17, 15) is 9.00 Å². The number of carbonyl (C=O) groups is 1. The second-order valence-corrected chi connectivity index (χ2v) is 7.99. The standard InChI is InChI=1S/C18H21NO2S2/c1-15(22-14-16-8-4-2-5-9-16)18(20)19-12-13-23(21)17-10-6-3-7-11-17/h2-11,15H,12-14H2,1H3,(H,19,20). The average molecular weight is 348 g/mol. The first kappa shape index (κ1) is 17.8. The first-order valence-corrected chi connectivity index (χ1v) is 9.90. The molecule has 2 unspecified atom stereocenters. The highest BCUT2D eigenvalue weighted by molar-refractivity contribution is 7.99. The van der Waals surface area contributed by atoms with E-state index >= 15 is 0 Å². The van der Waals surface area contributed by atoms with Crippen molar-refractivity contribution in [1.82, 2.24) is 5.32 Å². The SMILES string of the molecule is CC(SCc1ccccc1)C(=O)NCCS(=O)c1ccccc1. The van der Waals surface area contributed by atoms with Crippen molar-refractivity contribution >= 4 is 28.5 Å². The van der Waals surface area contributed by atoms with Gasteiger partial charge in [0.1, 0.15) is 0 Å². The van der Waals surface area contributed by atoms with Crippen LogP contribution in [-0.2, 0) is 21.3 Å². The minimum absolute atomic E-state index is 0.00371. The fraction of sp³-hybridized carbons (Fsp3) is 0.278. The first-order valence-electron chi connectivity index (χ1n) is 7.53. The van der Waals surface area contributed by atoms with Crippen LogP contribution >= 0.6 is 11.8 Å². The van der Waals surface area contributed by atoms with Crippen molar-refractivity contribution in [3.63, 3.8) is 0 Å². The van der Waals surface area contributed by atoms with E-state index in [0.29, 0.717) is 12.3 Å². The van der Waals surface area contributed by atoms with Crippen LogP contribution in [0.1, 0.15) is 12.5 Å². The Labute approximate surface area is 144 Å². The third kappa shape index (κ3) is 6.20. The molecule has 0 heterocycles. The molecule has 3 nitrogen and oxygen atoms in total. The molecule has 0 fully saturated rings. The van der Waals surface area contributed by atoms with Crippen LogP contribution in [0.3, 0.4) is 0 Å². The Morgan fingerprint density at radius 2 is 1.70 bits per heavy atom. The number of carbonyl (C=O) groups excluding carboxylic acids is 1. The van der Waals surface area contributed by atoms with Gasteiger partial charge in [0.2, 0.25) is 5.91 Å². The molecule has 2 aromatic rings. The first-order chi connectivity index (χ1) is 11.2. The van der Waals surface area contributed by atoms with Gasteiger partial charge in [0.15, 0.2) is 0 Å². The van der Waals surface area contributed by atoms with Gasteiger partial charge in [0.05, 0.1) is 16.0 Å². The molecule has 122 valence electrons. The highest BCUT2D eigenvalue weighted by atomic mass is 32.2. The Hall–Kier alpha value is -1.59. The maximum Gasteiger partial charge on any atom is 0.232 e. The largest absolute Gasteiger partial charge is 0.354 e. The van der Waals surface area contributed by atoms with Crippen molar-refractivity contribution in [1.29, 1.82) is 0 Å². The van der Waals surface area contributed by atoms with Crippen LogP contribution < -0.4 is 5.32 Å². The smallest absolute Gasteiger partial charge is 0.232 e. The van der Waals surface area contributed by atoms with Crippen LogP contribution in [0.4, 0.5) is 0 Å². The van der Waals surface area contributed by atoms with Crippen LogP contribution in [0, 0.1) is 0 Å². The fourth-order valence-electron chi connectivity index (χ4n) is 1.97. The summed E-state index contributed by atoms with van der Waals surface area (Å²) >= 11 is 1.60. The van der Waals surface area contributed by atoms with Crippen LogP contribution in [-0.4, -0.2) is 27.7 Å². The summed E-state index contributed by atoms with van der Waals surface area (Å²) in [5.74, 6) is 1.24. The Kier molecular flexibility index (Phi) is 7.36. The van der Waals surface area contributed by atoms with Gasteiger partial charge in [-0.2, -0.15) is 0 Å². The normalized spacial score (nSPS) is 13.3. The molecule has 0 aliphatic carbocycles. The Bertz CT molecular complexity index is 632. The van der Waals surface area contributed by atoms with Crippen molar-refractivity contribution in [2.24, 2.45) is 0 Å². The van der Waals surface area contributed by atoms with Gasteiger partial charge in [-0.3, -0.25) is 9.00 Å². The summed E-state index contributed by atoms with van der Waals surface area (Å²) in [6.45, 7) is 2.33. The van der Waals surface area contributed by atoms with Gasteiger partial charge in [0, 0.05) is 22.9 Å². The number of rotatable bonds is 8. The van der Waals surface area contributed by atoms with Crippen LogP contribution in [0.5, 0.6) is 0 Å². The molecule has 5 heteroatoms. The zero-order valence-corrected chi connectivity index (χ0v) is 14.7. The van der Waals surface area contributed by atoms with E-state index in [1.54, 1.807) is 11.8 Å². The molecular formula is C18H21NO2S2. The summed E-state index contributed by atoms with van der Waals surface area (Å²) in [4.78, 5) is 12.9. The molecular weight excluding hydrogens is 326 g/mol. The predicted octanol–water partition coefficient (Wildman–Crippen LogP) is 3.23. The Balaban J connectivity index is 1.69. The van der Waals surface area contributed by atoms with Crippen LogP contribution in [0.2, 0.25) is 0 Å². The third-order valence-corrected chi connectivity index (χ3v) is 5.89. The molecule has 0 aromatic heterocycles. The van der Waals surface area contributed by atoms with Crippen molar-refractivity contribution < 1.29 is 9.00 Å². The maximum absolute atomic E-state index is 12.1. The topological polar surface area (TPSA) is 46.2 Å². The fourth-order valence-corrected chi connectivity index (χ4v) is 3.83. The monoisotopic (exact) mass is 347 g/mol. The third-order valence-electron chi connectivity index (χ3n) is 3.30. The number of benzene rings is 2. The van der Waals surface area contributed by atoms with Gasteiger partial charge in [-0.1, -0.05) is 48.5 Å². The molecule has 2 rings (SSSR count). The van der Waals surface area contributed by atoms with Crippen LogP contribution in [0.15, 0.2) is 65.6 Å². The molecule has 0 saturated heterocycles. The molecule has 23 heavy (non-hydrogen) atoms. The van der Waals surface area contributed by atoms with E-state index in [1.807, 2.05) is 55.5 Å². The van der Waals surface area contributed by atoms with Crippen LogP contribution in [0.25, 0.3) is 0 Å². The van der Waals surface area contributed by atoms with E-state index in [-0.39, 0.29) is 11.2 Å². The molecule has 0 radical (unpaired) electrons. The van der Waals surface area contributed by atoms with Gasteiger partial charge in [-0.25, -0.2) is 0 Å². The minimum atomic E-state index is -1.07. The second kappa shape index (κ2) is 9.53. The number of hydrogen-bond donors (Lipinski definition) is 1. The van der Waals surface area contributed by atoms with Crippen molar-refractivity contribution in [2.45, 2.75) is 22.8 Å². The lowest BCUT2D eigenvalue weighted by Gasteiger charge is -2.12. The molecule has 0 aliphatic rings. The van der Waals surface area contributed by atoms with Gasteiger partial charge >= 0.3 is 0 Å². The van der Waals surface area contributed by atoms with Crippen molar-refractivity contribution in [3.05, 3.63) is 66.2 Å². The average Bonchev–Trinajstić information content (AvgIpc) is 2.61. The lowest BCUT2D eigenvalue weighted by Crippen LogP contribution is -2.33. The van der Waals surface area contributed by atoms with E-state index in [2.05, 4.69) is 17.4 Å². The lowest BCUT2D eigenvalue weighted by molar-refractivity contribution is -0.120. The Morgan fingerprint density at radius 1 is 1.09 bits per heavy atom. The summed E-state index contributed by atoms with van der Waals surface area (Å²) in [6.07, 6.45) is 0. The molecule has 0 spiro atoms. The van der Waals surface area contributed by atoms with E-state index in [1.165, 1.54) is 5.56 Å². The highest BCUT2D eigenvalue weighted by Crippen LogP contribution is 2.17. The number of nitrogens with one attached hydrogen (secondary N) is 1. The number of hydrogen-bond acceptors (Lipinski definition) is 3. The van der Waals surface area contributed by atoms with Crippen molar-refractivity contribution in [2.75, 3.05) is 12.3 Å². The molecule has 0 aliphatic heterocycles. The lowest BCUT2D eigenvalue weighted by atomic mass is 10.2. The molecule has 1 N–H and O–H groups in total. The Morgan fingerprint density at radius 3 is 2.35 bits per heavy atom. The van der Waals surface area contributed by atoms with E-state index in [4.69, 9.17) is 0 Å². The molecule has 0 bridgehead atoms. The number of amides is 1. The quantitative estimate of drug-likeness (QED) is 0.797.